The van der Waals surface area contributed by atoms with Crippen LogP contribution in [0.4, 0.5) is 0 Å². The van der Waals surface area contributed by atoms with Crippen LogP contribution >= 0.6 is 0 Å². The molecule has 0 aromatic heterocycles. The number of carbonyl (C=O) groups is 2. The van der Waals surface area contributed by atoms with Gasteiger partial charge in [0.15, 0.2) is 0 Å². The van der Waals surface area contributed by atoms with Gasteiger partial charge < -0.3 is 15.0 Å². The molecule has 0 atom stereocenters. The lowest BCUT2D eigenvalue weighted by molar-refractivity contribution is -0.122. The summed E-state index contributed by atoms with van der Waals surface area (Å²) in [6.07, 6.45) is 2.26. The molecule has 2 amide bonds. The molecule has 0 saturated carbocycles. The Hall–Kier alpha value is -2.82. The number of ether oxygens (including phenoxy) is 1. The van der Waals surface area contributed by atoms with Crippen LogP contribution in [0.2, 0.25) is 0 Å². The van der Waals surface area contributed by atoms with Gasteiger partial charge in [-0.2, -0.15) is 0 Å². The van der Waals surface area contributed by atoms with Crippen molar-refractivity contribution in [2.75, 3.05) is 19.7 Å². The van der Waals surface area contributed by atoms with E-state index >= 15 is 0 Å². The van der Waals surface area contributed by atoms with Gasteiger partial charge in [0.2, 0.25) is 5.91 Å². The Morgan fingerprint density at radius 3 is 2.31 bits per heavy atom. The number of hydrogen-bond donors (Lipinski definition) is 1. The highest BCUT2D eigenvalue weighted by Crippen LogP contribution is 2.22. The van der Waals surface area contributed by atoms with E-state index in [1.807, 2.05) is 67.3 Å². The minimum Gasteiger partial charge on any atom is -0.494 e. The predicted octanol–water partition coefficient (Wildman–Crippen LogP) is 3.95. The van der Waals surface area contributed by atoms with Gasteiger partial charge in [-0.25, -0.2) is 0 Å². The summed E-state index contributed by atoms with van der Waals surface area (Å²) in [5, 5.41) is 3.00. The van der Waals surface area contributed by atoms with Gasteiger partial charge in [0.1, 0.15) is 5.75 Å². The molecular formula is C24H30N2O3. The van der Waals surface area contributed by atoms with E-state index in [2.05, 4.69) is 5.32 Å². The first kappa shape index (κ1) is 20.9. The molecule has 0 spiro atoms. The monoisotopic (exact) mass is 394 g/mol. The number of rotatable bonds is 7. The Balaban J connectivity index is 1.40. The van der Waals surface area contributed by atoms with Crippen LogP contribution in [-0.4, -0.2) is 36.4 Å². The first-order valence-electron chi connectivity index (χ1n) is 10.4. The summed E-state index contributed by atoms with van der Waals surface area (Å²) in [5.41, 5.74) is 2.94. The number of carbonyl (C=O) groups excluding carboxylic acids is 2. The summed E-state index contributed by atoms with van der Waals surface area (Å²) in [7, 11) is 0. The maximum Gasteiger partial charge on any atom is 0.253 e. The van der Waals surface area contributed by atoms with Gasteiger partial charge >= 0.3 is 0 Å². The third-order valence-electron chi connectivity index (χ3n) is 5.40. The number of amides is 2. The average Bonchev–Trinajstić information content (AvgIpc) is 2.74. The van der Waals surface area contributed by atoms with E-state index in [0.29, 0.717) is 38.6 Å². The van der Waals surface area contributed by atoms with Crippen LogP contribution in [0.1, 0.15) is 47.7 Å². The number of nitrogens with zero attached hydrogens (tertiary/aromatic N) is 1. The lowest BCUT2D eigenvalue weighted by atomic mass is 9.92. The van der Waals surface area contributed by atoms with E-state index in [1.165, 1.54) is 0 Å². The maximum absolute atomic E-state index is 12.6. The van der Waals surface area contributed by atoms with Crippen molar-refractivity contribution < 1.29 is 14.3 Å². The van der Waals surface area contributed by atoms with Crippen LogP contribution in [0.5, 0.6) is 5.75 Å². The predicted molar refractivity (Wildman–Crippen MR) is 114 cm³/mol. The zero-order valence-electron chi connectivity index (χ0n) is 17.3. The molecule has 2 aromatic rings. The van der Waals surface area contributed by atoms with Crippen LogP contribution in [0, 0.1) is 12.8 Å². The van der Waals surface area contributed by atoms with Gasteiger partial charge in [0.25, 0.3) is 5.91 Å². The van der Waals surface area contributed by atoms with Crippen molar-refractivity contribution in [2.45, 2.75) is 39.7 Å². The molecule has 1 aliphatic rings. The molecule has 5 nitrogen and oxygen atoms in total. The SMILES string of the molecule is CCOc1ccc(CNC(=O)CC2CCN(C(=O)c3ccc(C)cc3)CC2)cc1. The number of hydrogen-bond acceptors (Lipinski definition) is 3. The van der Waals surface area contributed by atoms with Gasteiger partial charge in [0.05, 0.1) is 6.61 Å². The molecule has 3 rings (SSSR count). The van der Waals surface area contributed by atoms with Crippen LogP contribution in [-0.2, 0) is 11.3 Å². The fourth-order valence-electron chi connectivity index (χ4n) is 3.62. The molecule has 5 heteroatoms. The highest BCUT2D eigenvalue weighted by atomic mass is 16.5. The van der Waals surface area contributed by atoms with Crippen molar-refractivity contribution in [1.82, 2.24) is 10.2 Å². The smallest absolute Gasteiger partial charge is 0.253 e. The lowest BCUT2D eigenvalue weighted by Gasteiger charge is -2.32. The van der Waals surface area contributed by atoms with Crippen molar-refractivity contribution in [3.8, 4) is 5.75 Å². The quantitative estimate of drug-likeness (QED) is 0.773. The first-order chi connectivity index (χ1) is 14.0. The zero-order chi connectivity index (χ0) is 20.6. The molecule has 1 fully saturated rings. The zero-order valence-corrected chi connectivity index (χ0v) is 17.3. The Morgan fingerprint density at radius 2 is 1.69 bits per heavy atom. The van der Waals surface area contributed by atoms with Gasteiger partial charge in [-0.1, -0.05) is 29.8 Å². The van der Waals surface area contributed by atoms with E-state index in [9.17, 15) is 9.59 Å². The van der Waals surface area contributed by atoms with E-state index in [1.54, 1.807) is 0 Å². The maximum atomic E-state index is 12.6. The third-order valence-corrected chi connectivity index (χ3v) is 5.40. The number of nitrogens with one attached hydrogen (secondary N) is 1. The second kappa shape index (κ2) is 10.1. The summed E-state index contributed by atoms with van der Waals surface area (Å²) < 4.78 is 5.43. The van der Waals surface area contributed by atoms with E-state index in [0.717, 1.165) is 35.3 Å². The second-order valence-corrected chi connectivity index (χ2v) is 7.66. The Labute approximate surface area is 173 Å². The normalized spacial score (nSPS) is 14.5. The molecule has 29 heavy (non-hydrogen) atoms. The molecule has 0 radical (unpaired) electrons. The van der Waals surface area contributed by atoms with E-state index in [4.69, 9.17) is 4.74 Å². The molecule has 1 aliphatic heterocycles. The Kier molecular flexibility index (Phi) is 7.28. The van der Waals surface area contributed by atoms with Crippen LogP contribution in [0.25, 0.3) is 0 Å². The molecule has 0 unspecified atom stereocenters. The summed E-state index contributed by atoms with van der Waals surface area (Å²) >= 11 is 0. The molecule has 2 aromatic carbocycles. The van der Waals surface area contributed by atoms with E-state index < -0.39 is 0 Å². The van der Waals surface area contributed by atoms with E-state index in [-0.39, 0.29) is 11.8 Å². The third kappa shape index (κ3) is 6.08. The molecule has 154 valence electrons. The van der Waals surface area contributed by atoms with Crippen LogP contribution in [0.15, 0.2) is 48.5 Å². The number of likely N-dealkylation sites (tertiary alicyclic amines) is 1. The fourth-order valence-corrected chi connectivity index (χ4v) is 3.62. The largest absolute Gasteiger partial charge is 0.494 e. The first-order valence-corrected chi connectivity index (χ1v) is 10.4. The summed E-state index contributed by atoms with van der Waals surface area (Å²) in [6.45, 7) is 6.56. The Bertz CT molecular complexity index is 807. The molecule has 1 heterocycles. The standard InChI is InChI=1S/C24H30N2O3/c1-3-29-22-10-6-20(7-11-22)17-25-23(27)16-19-12-14-26(15-13-19)24(28)21-8-4-18(2)5-9-21/h4-11,19H,3,12-17H2,1-2H3,(H,25,27). The highest BCUT2D eigenvalue weighted by Gasteiger charge is 2.25. The number of piperidine rings is 1. The van der Waals surface area contributed by atoms with Crippen LogP contribution in [0.3, 0.4) is 0 Å². The van der Waals surface area contributed by atoms with Crippen molar-refractivity contribution >= 4 is 11.8 Å². The Morgan fingerprint density at radius 1 is 1.03 bits per heavy atom. The molecular weight excluding hydrogens is 364 g/mol. The minimum atomic E-state index is 0.0715. The van der Waals surface area contributed by atoms with Crippen molar-refractivity contribution in [1.29, 1.82) is 0 Å². The number of aryl methyl sites for hydroxylation is 1. The topological polar surface area (TPSA) is 58.6 Å². The van der Waals surface area contributed by atoms with Gasteiger partial charge in [-0.05, 0) is 62.4 Å². The highest BCUT2D eigenvalue weighted by molar-refractivity contribution is 5.94. The summed E-state index contributed by atoms with van der Waals surface area (Å²) in [6, 6.07) is 15.5. The van der Waals surface area contributed by atoms with Gasteiger partial charge in [0, 0.05) is 31.6 Å². The number of benzene rings is 2. The fraction of sp³-hybridized carbons (Fsp3) is 0.417. The lowest BCUT2D eigenvalue weighted by Crippen LogP contribution is -2.39. The second-order valence-electron chi connectivity index (χ2n) is 7.66. The summed E-state index contributed by atoms with van der Waals surface area (Å²) in [4.78, 5) is 26.8. The summed E-state index contributed by atoms with van der Waals surface area (Å²) in [5.74, 6) is 1.33. The molecule has 0 aliphatic carbocycles. The molecule has 0 bridgehead atoms. The van der Waals surface area contributed by atoms with Gasteiger partial charge in [-0.3, -0.25) is 9.59 Å². The van der Waals surface area contributed by atoms with Crippen LogP contribution < -0.4 is 10.1 Å². The minimum absolute atomic E-state index is 0.0715. The van der Waals surface area contributed by atoms with Crippen molar-refractivity contribution in [3.63, 3.8) is 0 Å². The van der Waals surface area contributed by atoms with Crippen molar-refractivity contribution in [3.05, 3.63) is 65.2 Å². The van der Waals surface area contributed by atoms with Crippen molar-refractivity contribution in [2.24, 2.45) is 5.92 Å². The average molecular weight is 395 g/mol. The molecule has 1 N–H and O–H groups in total. The molecule has 1 saturated heterocycles. The van der Waals surface area contributed by atoms with Gasteiger partial charge in [-0.15, -0.1) is 0 Å².